The molecule has 2 heterocycles. The van der Waals surface area contributed by atoms with E-state index in [9.17, 15) is 14.7 Å². The van der Waals surface area contributed by atoms with Gasteiger partial charge in [0.2, 0.25) is 0 Å². The van der Waals surface area contributed by atoms with Crippen molar-refractivity contribution in [2.75, 3.05) is 13.1 Å². The van der Waals surface area contributed by atoms with Gasteiger partial charge in [-0.2, -0.15) is 0 Å². The predicted octanol–water partition coefficient (Wildman–Crippen LogP) is 3.39. The van der Waals surface area contributed by atoms with E-state index in [-0.39, 0.29) is 23.3 Å². The standard InChI is InChI=1S/C12H9Cl2NO3S2/c13-9-3-1-7(19-9)11(17)15(5-6-16)12(18)8-2-4-10(14)20-8/h1-4,16H,5-6H2/i5D2,6D2. The van der Waals surface area contributed by atoms with Crippen LogP contribution in [0, 0.1) is 0 Å². The molecular formula is C12H9Cl2NO3S2. The first-order chi connectivity index (χ1) is 10.9. The van der Waals surface area contributed by atoms with Gasteiger partial charge in [0.05, 0.1) is 37.0 Å². The Morgan fingerprint density at radius 3 is 1.85 bits per heavy atom. The van der Waals surface area contributed by atoms with Gasteiger partial charge in [0.1, 0.15) is 0 Å². The second-order valence-corrected chi connectivity index (χ2v) is 6.81. The van der Waals surface area contributed by atoms with E-state index in [1.54, 1.807) is 0 Å². The molecular weight excluding hydrogens is 341 g/mol. The quantitative estimate of drug-likeness (QED) is 0.857. The van der Waals surface area contributed by atoms with E-state index in [1.165, 1.54) is 24.3 Å². The Morgan fingerprint density at radius 2 is 1.55 bits per heavy atom. The summed E-state index contributed by atoms with van der Waals surface area (Å²) < 4.78 is 30.5. The minimum Gasteiger partial charge on any atom is -0.395 e. The van der Waals surface area contributed by atoms with Crippen molar-refractivity contribution in [3.8, 4) is 0 Å². The van der Waals surface area contributed by atoms with E-state index < -0.39 is 24.9 Å². The summed E-state index contributed by atoms with van der Waals surface area (Å²) in [5, 5.41) is 9.48. The number of nitrogens with zero attached hydrogens (tertiary/aromatic N) is 1. The summed E-state index contributed by atoms with van der Waals surface area (Å²) in [5.41, 5.74) is 0. The minimum atomic E-state index is -3.49. The Kier molecular flexibility index (Phi) is 3.60. The molecule has 2 aromatic heterocycles. The molecule has 0 unspecified atom stereocenters. The molecule has 0 atom stereocenters. The third kappa shape index (κ3) is 3.39. The summed E-state index contributed by atoms with van der Waals surface area (Å²) in [4.78, 5) is 25.0. The van der Waals surface area contributed by atoms with Crippen LogP contribution in [0.25, 0.3) is 0 Å². The van der Waals surface area contributed by atoms with Crippen LogP contribution >= 0.6 is 45.9 Å². The SMILES string of the molecule is [2H]C([2H])(O)C([2H])([2H])N(C(=O)c1ccc(Cl)s1)C(=O)c1ccc(Cl)s1. The van der Waals surface area contributed by atoms with E-state index in [2.05, 4.69) is 0 Å². The van der Waals surface area contributed by atoms with Crippen LogP contribution in [0.5, 0.6) is 0 Å². The van der Waals surface area contributed by atoms with Gasteiger partial charge in [-0.3, -0.25) is 14.5 Å². The highest BCUT2D eigenvalue weighted by molar-refractivity contribution is 7.18. The van der Waals surface area contributed by atoms with Gasteiger partial charge in [0.25, 0.3) is 11.8 Å². The van der Waals surface area contributed by atoms with E-state index in [0.717, 1.165) is 22.7 Å². The highest BCUT2D eigenvalue weighted by atomic mass is 35.5. The number of amides is 2. The van der Waals surface area contributed by atoms with E-state index >= 15 is 0 Å². The van der Waals surface area contributed by atoms with Crippen LogP contribution in [0.3, 0.4) is 0 Å². The molecule has 20 heavy (non-hydrogen) atoms. The Morgan fingerprint density at radius 1 is 1.10 bits per heavy atom. The number of hydrogen-bond donors (Lipinski definition) is 1. The molecule has 0 aliphatic carbocycles. The van der Waals surface area contributed by atoms with E-state index in [1.807, 2.05) is 0 Å². The van der Waals surface area contributed by atoms with Crippen molar-refractivity contribution in [1.82, 2.24) is 4.90 Å². The first-order valence-corrected chi connectivity index (χ1v) is 7.46. The van der Waals surface area contributed by atoms with Gasteiger partial charge in [-0.1, -0.05) is 23.2 Å². The van der Waals surface area contributed by atoms with Crippen molar-refractivity contribution in [1.29, 1.82) is 0 Å². The Hall–Kier alpha value is -0.920. The second kappa shape index (κ2) is 6.69. The monoisotopic (exact) mass is 353 g/mol. The lowest BCUT2D eigenvalue weighted by atomic mass is 10.3. The largest absolute Gasteiger partial charge is 0.395 e. The van der Waals surface area contributed by atoms with Crippen LogP contribution in [-0.2, 0) is 0 Å². The summed E-state index contributed by atoms with van der Waals surface area (Å²) in [5.74, 6) is -2.24. The third-order valence-corrected chi connectivity index (χ3v) is 4.57. The minimum absolute atomic E-state index is 0.0390. The summed E-state index contributed by atoms with van der Waals surface area (Å²) >= 11 is 13.1. The van der Waals surface area contributed by atoms with Crippen LogP contribution in [0.15, 0.2) is 24.3 Å². The van der Waals surface area contributed by atoms with Crippen molar-refractivity contribution in [3.63, 3.8) is 0 Å². The second-order valence-electron chi connectivity index (χ2n) is 3.38. The number of carbonyl (C=O) groups excluding carboxylic acids is 2. The Balaban J connectivity index is 2.53. The first-order valence-electron chi connectivity index (χ1n) is 7.07. The maximum absolute atomic E-state index is 12.6. The lowest BCUT2D eigenvalue weighted by Crippen LogP contribution is -2.38. The molecule has 2 rings (SSSR count). The molecule has 0 spiro atoms. The van der Waals surface area contributed by atoms with Gasteiger partial charge in [-0.15, -0.1) is 22.7 Å². The van der Waals surface area contributed by atoms with Crippen molar-refractivity contribution in [3.05, 3.63) is 42.7 Å². The van der Waals surface area contributed by atoms with E-state index in [0.29, 0.717) is 0 Å². The molecule has 0 aromatic carbocycles. The molecule has 0 aliphatic heterocycles. The third-order valence-electron chi connectivity index (χ3n) is 2.14. The fraction of sp³-hybridized carbons (Fsp3) is 0.167. The lowest BCUT2D eigenvalue weighted by molar-refractivity contribution is 0.0591. The maximum Gasteiger partial charge on any atom is 0.270 e. The Bertz CT molecular complexity index is 735. The fourth-order valence-corrected chi connectivity index (χ4v) is 3.27. The van der Waals surface area contributed by atoms with Crippen LogP contribution in [0.2, 0.25) is 8.67 Å². The molecule has 106 valence electrons. The molecule has 2 aromatic rings. The van der Waals surface area contributed by atoms with Crippen LogP contribution < -0.4 is 0 Å². The van der Waals surface area contributed by atoms with Crippen molar-refractivity contribution in [2.24, 2.45) is 0 Å². The molecule has 0 fully saturated rings. The molecule has 0 aliphatic rings. The van der Waals surface area contributed by atoms with Crippen LogP contribution in [0.1, 0.15) is 24.8 Å². The topological polar surface area (TPSA) is 57.6 Å². The van der Waals surface area contributed by atoms with Crippen molar-refractivity contribution >= 4 is 57.7 Å². The molecule has 0 bridgehead atoms. The summed E-state index contributed by atoms with van der Waals surface area (Å²) in [6.45, 7) is -6.81. The van der Waals surface area contributed by atoms with Crippen molar-refractivity contribution < 1.29 is 20.2 Å². The molecule has 2 amide bonds. The van der Waals surface area contributed by atoms with Crippen LogP contribution in [0.4, 0.5) is 0 Å². The molecule has 0 saturated heterocycles. The molecule has 0 saturated carbocycles. The normalized spacial score (nSPS) is 14.9. The van der Waals surface area contributed by atoms with Gasteiger partial charge in [-0.05, 0) is 24.3 Å². The van der Waals surface area contributed by atoms with Crippen molar-refractivity contribution in [2.45, 2.75) is 0 Å². The molecule has 4 nitrogen and oxygen atoms in total. The zero-order chi connectivity index (χ0) is 18.3. The summed E-state index contributed by atoms with van der Waals surface area (Å²) in [6, 6.07) is 5.32. The Labute approximate surface area is 138 Å². The number of hydrogen-bond acceptors (Lipinski definition) is 5. The van der Waals surface area contributed by atoms with Gasteiger partial charge < -0.3 is 5.11 Å². The summed E-state index contributed by atoms with van der Waals surface area (Å²) in [7, 11) is 0. The number of thiophene rings is 2. The van der Waals surface area contributed by atoms with Gasteiger partial charge >= 0.3 is 0 Å². The summed E-state index contributed by atoms with van der Waals surface area (Å²) in [6.07, 6.45) is 0. The fourth-order valence-electron chi connectivity index (χ4n) is 1.32. The average molecular weight is 354 g/mol. The van der Waals surface area contributed by atoms with E-state index in [4.69, 9.17) is 28.7 Å². The van der Waals surface area contributed by atoms with Gasteiger partial charge in [0.15, 0.2) is 0 Å². The highest BCUT2D eigenvalue weighted by Gasteiger charge is 2.25. The molecule has 8 heteroatoms. The van der Waals surface area contributed by atoms with Gasteiger partial charge in [0, 0.05) is 0 Å². The zero-order valence-corrected chi connectivity index (χ0v) is 12.7. The number of imide groups is 1. The lowest BCUT2D eigenvalue weighted by Gasteiger charge is -2.18. The maximum atomic E-state index is 12.6. The number of halogens is 2. The first kappa shape index (κ1) is 10.8. The smallest absolute Gasteiger partial charge is 0.270 e. The highest BCUT2D eigenvalue weighted by Crippen LogP contribution is 2.26. The van der Waals surface area contributed by atoms with Gasteiger partial charge in [-0.25, -0.2) is 0 Å². The van der Waals surface area contributed by atoms with Crippen LogP contribution in [-0.4, -0.2) is 34.9 Å². The average Bonchev–Trinajstić information content (AvgIpc) is 3.06. The molecule has 0 radical (unpaired) electrons. The number of carbonyl (C=O) groups is 2. The number of rotatable bonds is 4. The molecule has 1 N–H and O–H groups in total. The predicted molar refractivity (Wildman–Crippen MR) is 81.1 cm³/mol. The zero-order valence-electron chi connectivity index (χ0n) is 13.6. The number of aliphatic hydroxyl groups is 1.